The van der Waals surface area contributed by atoms with E-state index in [9.17, 15) is 9.90 Å². The first-order chi connectivity index (χ1) is 16.5. The summed E-state index contributed by atoms with van der Waals surface area (Å²) in [7, 11) is 2.24. The van der Waals surface area contributed by atoms with E-state index in [1.807, 2.05) is 30.3 Å². The van der Waals surface area contributed by atoms with Gasteiger partial charge in [0.2, 0.25) is 0 Å². The van der Waals surface area contributed by atoms with E-state index >= 15 is 0 Å². The lowest BCUT2D eigenvalue weighted by molar-refractivity contribution is 0.0393. The van der Waals surface area contributed by atoms with Crippen molar-refractivity contribution < 1.29 is 9.84 Å². The average Bonchev–Trinajstić information content (AvgIpc) is 3.50. The summed E-state index contributed by atoms with van der Waals surface area (Å²) < 4.78 is 8.60. The Labute approximate surface area is 204 Å². The van der Waals surface area contributed by atoms with E-state index in [1.165, 1.54) is 24.2 Å². The average molecular weight is 480 g/mol. The fraction of sp³-hybridized carbons (Fsp3) is 0.556. The van der Waals surface area contributed by atoms with Crippen LogP contribution in [0.3, 0.4) is 0 Å². The molecule has 2 aliphatic heterocycles. The monoisotopic (exact) mass is 479 g/mol. The van der Waals surface area contributed by atoms with Crippen molar-refractivity contribution in [3.05, 3.63) is 51.9 Å². The van der Waals surface area contributed by atoms with E-state index < -0.39 is 5.60 Å². The van der Waals surface area contributed by atoms with Gasteiger partial charge >= 0.3 is 0 Å². The van der Waals surface area contributed by atoms with Crippen LogP contribution in [0, 0.1) is 0 Å². The van der Waals surface area contributed by atoms with Crippen molar-refractivity contribution in [1.29, 1.82) is 0 Å². The van der Waals surface area contributed by atoms with Gasteiger partial charge in [0.15, 0.2) is 0 Å². The Balaban J connectivity index is 1.16. The fourth-order valence-electron chi connectivity index (χ4n) is 6.24. The van der Waals surface area contributed by atoms with Crippen molar-refractivity contribution in [2.45, 2.75) is 88.0 Å². The number of thiophene rings is 1. The Kier molecular flexibility index (Phi) is 5.74. The standard InChI is InChI=1S/C27H33N3O3S/c1-29-19-4-5-20(29)15-22(14-19)33-21-8-6-18(7-9-21)30-17-28-24-16-23(34-25(24)26(30)31)10-13-27(32)11-2-3-12-27/h6-9,16-17,19-20,22,32H,2-5,10-15H2,1H3/t19-,20+,22-. The zero-order chi connectivity index (χ0) is 23.3. The van der Waals surface area contributed by atoms with E-state index in [0.29, 0.717) is 16.8 Å². The summed E-state index contributed by atoms with van der Waals surface area (Å²) in [6.07, 6.45) is 12.2. The first kappa shape index (κ1) is 22.3. The van der Waals surface area contributed by atoms with Gasteiger partial charge in [0, 0.05) is 17.0 Å². The second-order valence-electron chi connectivity index (χ2n) is 10.5. The molecule has 0 amide bonds. The molecule has 1 aromatic carbocycles. The van der Waals surface area contributed by atoms with E-state index in [4.69, 9.17) is 4.74 Å². The molecular formula is C27H33N3O3S. The SMILES string of the molecule is CN1[C@@H]2CC[C@H]1C[C@H](Oc1ccc(-n3cnc4cc(CCC5(O)CCCC5)sc4c3=O)cc1)C2. The van der Waals surface area contributed by atoms with Crippen LogP contribution in [0.15, 0.2) is 41.5 Å². The van der Waals surface area contributed by atoms with Crippen molar-refractivity contribution in [1.82, 2.24) is 14.5 Å². The van der Waals surface area contributed by atoms with Crippen LogP contribution in [0.5, 0.6) is 5.75 Å². The van der Waals surface area contributed by atoms with E-state index in [2.05, 4.69) is 16.9 Å². The number of nitrogens with zero attached hydrogens (tertiary/aromatic N) is 3. The van der Waals surface area contributed by atoms with Gasteiger partial charge < -0.3 is 14.7 Å². The molecule has 4 heterocycles. The maximum Gasteiger partial charge on any atom is 0.275 e. The number of hydrogen-bond donors (Lipinski definition) is 1. The minimum absolute atomic E-state index is 0.0404. The molecule has 1 N–H and O–H groups in total. The smallest absolute Gasteiger partial charge is 0.275 e. The van der Waals surface area contributed by atoms with Crippen molar-refractivity contribution in [2.75, 3.05) is 7.05 Å². The highest BCUT2D eigenvalue weighted by Gasteiger charge is 2.39. The molecule has 6 rings (SSSR count). The summed E-state index contributed by atoms with van der Waals surface area (Å²) >= 11 is 1.51. The van der Waals surface area contributed by atoms with E-state index in [1.54, 1.807) is 10.9 Å². The van der Waals surface area contributed by atoms with Crippen LogP contribution < -0.4 is 10.3 Å². The zero-order valence-electron chi connectivity index (χ0n) is 19.8. The third kappa shape index (κ3) is 4.18. The third-order valence-electron chi connectivity index (χ3n) is 8.33. The zero-order valence-corrected chi connectivity index (χ0v) is 20.6. The molecule has 3 aliphatic rings. The van der Waals surface area contributed by atoms with Gasteiger partial charge in [-0.2, -0.15) is 0 Å². The largest absolute Gasteiger partial charge is 0.490 e. The number of aliphatic hydroxyl groups is 1. The van der Waals surface area contributed by atoms with Crippen LogP contribution in [0.1, 0.15) is 62.7 Å². The van der Waals surface area contributed by atoms with Crippen LogP contribution in [-0.4, -0.2) is 50.4 Å². The quantitative estimate of drug-likeness (QED) is 0.556. The van der Waals surface area contributed by atoms with Gasteiger partial charge in [-0.1, -0.05) is 12.8 Å². The summed E-state index contributed by atoms with van der Waals surface area (Å²) in [4.78, 5) is 21.4. The molecule has 0 spiro atoms. The normalized spacial score (nSPS) is 26.4. The van der Waals surface area contributed by atoms with Crippen LogP contribution in [0.2, 0.25) is 0 Å². The molecule has 34 heavy (non-hydrogen) atoms. The molecule has 2 saturated heterocycles. The van der Waals surface area contributed by atoms with Gasteiger partial charge in [-0.25, -0.2) is 4.98 Å². The van der Waals surface area contributed by atoms with E-state index in [0.717, 1.165) is 73.2 Å². The van der Waals surface area contributed by atoms with Crippen LogP contribution in [0.4, 0.5) is 0 Å². The summed E-state index contributed by atoms with van der Waals surface area (Å²) in [5, 5.41) is 10.7. The number of benzene rings is 1. The lowest BCUT2D eigenvalue weighted by Crippen LogP contribution is -2.43. The minimum atomic E-state index is -0.527. The Bertz CT molecular complexity index is 1210. The van der Waals surface area contributed by atoms with Gasteiger partial charge in [-0.05, 0) is 88.7 Å². The molecule has 0 radical (unpaired) electrons. The molecule has 1 saturated carbocycles. The van der Waals surface area contributed by atoms with Crippen LogP contribution >= 0.6 is 11.3 Å². The number of ether oxygens (including phenoxy) is 1. The predicted octanol–water partition coefficient (Wildman–Crippen LogP) is 4.69. The van der Waals surface area contributed by atoms with Crippen molar-refractivity contribution in [3.63, 3.8) is 0 Å². The highest BCUT2D eigenvalue weighted by molar-refractivity contribution is 7.18. The molecule has 3 fully saturated rings. The molecule has 2 aromatic heterocycles. The Morgan fingerprint density at radius 2 is 1.85 bits per heavy atom. The molecule has 1 aliphatic carbocycles. The maximum atomic E-state index is 13.2. The second kappa shape index (κ2) is 8.77. The van der Waals surface area contributed by atoms with Crippen molar-refractivity contribution in [3.8, 4) is 11.4 Å². The van der Waals surface area contributed by atoms with Gasteiger partial charge in [0.25, 0.3) is 5.56 Å². The predicted molar refractivity (Wildman–Crippen MR) is 135 cm³/mol. The lowest BCUT2D eigenvalue weighted by atomic mass is 9.96. The number of aryl methyl sites for hydroxylation is 1. The van der Waals surface area contributed by atoms with Crippen molar-refractivity contribution in [2.24, 2.45) is 0 Å². The number of rotatable bonds is 6. The Hall–Kier alpha value is -2.22. The number of aromatic nitrogens is 2. The Morgan fingerprint density at radius 1 is 1.15 bits per heavy atom. The fourth-order valence-corrected chi connectivity index (χ4v) is 7.28. The van der Waals surface area contributed by atoms with Gasteiger partial charge in [-0.15, -0.1) is 11.3 Å². The molecular weight excluding hydrogens is 446 g/mol. The maximum absolute atomic E-state index is 13.2. The Morgan fingerprint density at radius 3 is 2.56 bits per heavy atom. The van der Waals surface area contributed by atoms with E-state index in [-0.39, 0.29) is 11.7 Å². The van der Waals surface area contributed by atoms with Gasteiger partial charge in [0.05, 0.1) is 16.8 Å². The van der Waals surface area contributed by atoms with Crippen molar-refractivity contribution >= 4 is 21.6 Å². The lowest BCUT2D eigenvalue weighted by Gasteiger charge is -2.36. The summed E-state index contributed by atoms with van der Waals surface area (Å²) in [6, 6.07) is 11.1. The molecule has 3 atom stereocenters. The number of hydrogen-bond acceptors (Lipinski definition) is 6. The highest BCUT2D eigenvalue weighted by Crippen LogP contribution is 2.36. The molecule has 180 valence electrons. The molecule has 7 heteroatoms. The highest BCUT2D eigenvalue weighted by atomic mass is 32.1. The summed E-state index contributed by atoms with van der Waals surface area (Å²) in [6.45, 7) is 0. The molecule has 6 nitrogen and oxygen atoms in total. The third-order valence-corrected chi connectivity index (χ3v) is 9.50. The van der Waals surface area contributed by atoms with Crippen LogP contribution in [-0.2, 0) is 6.42 Å². The first-order valence-corrected chi connectivity index (χ1v) is 13.5. The van der Waals surface area contributed by atoms with Gasteiger partial charge in [0.1, 0.15) is 22.9 Å². The molecule has 2 bridgehead atoms. The summed E-state index contributed by atoms with van der Waals surface area (Å²) in [5.74, 6) is 0.864. The first-order valence-electron chi connectivity index (χ1n) is 12.7. The number of fused-ring (bicyclic) bond motifs is 3. The van der Waals surface area contributed by atoms with Gasteiger partial charge in [-0.3, -0.25) is 9.36 Å². The summed E-state index contributed by atoms with van der Waals surface area (Å²) in [5.41, 5.74) is 0.976. The molecule has 3 aromatic rings. The molecule has 0 unspecified atom stereocenters. The number of piperidine rings is 1. The minimum Gasteiger partial charge on any atom is -0.490 e. The van der Waals surface area contributed by atoms with Crippen LogP contribution in [0.25, 0.3) is 15.9 Å². The topological polar surface area (TPSA) is 67.6 Å². The second-order valence-corrected chi connectivity index (χ2v) is 11.7.